The summed E-state index contributed by atoms with van der Waals surface area (Å²) >= 11 is 0. The maximum Gasteiger partial charge on any atom is 0.207 e. The smallest absolute Gasteiger partial charge is 0.207 e. The summed E-state index contributed by atoms with van der Waals surface area (Å²) in [7, 11) is 2.95. The van der Waals surface area contributed by atoms with Crippen molar-refractivity contribution in [3.8, 4) is 23.0 Å². The Morgan fingerprint density at radius 3 is 1.17 bits per heavy atom. The zero-order chi connectivity index (χ0) is 47.2. The van der Waals surface area contributed by atoms with Crippen LogP contribution in [0.4, 0.5) is 0 Å². The van der Waals surface area contributed by atoms with Crippen LogP contribution in [0.5, 0.6) is 23.0 Å². The number of phenols is 2. The third kappa shape index (κ3) is 27.5. The standard InChI is InChI=1S/C59H104O4/c1-44(2)24-15-25-45(3)26-16-27-46(4)28-17-29-47(5)30-18-31-48(6)32-19-33-49(7)34-20-35-50(8)36-21-37-51(9)38-22-39-52(10)40-23-41-53(11)42-43-55-54(12)56(60)58(62-13)59(63-14)57(55)61/h30,34,36,40,44-46,48,51,53,60-61H,15-29,31-33,35,37-39,41-43H2,1-14H3/b47-30-,49-34+,50-36+,52-40+. The van der Waals surface area contributed by atoms with Gasteiger partial charge in [0.1, 0.15) is 0 Å². The van der Waals surface area contributed by atoms with Crippen LogP contribution in [0, 0.1) is 42.4 Å². The van der Waals surface area contributed by atoms with Crippen LogP contribution in [0.2, 0.25) is 0 Å². The largest absolute Gasteiger partial charge is 0.504 e. The van der Waals surface area contributed by atoms with Crippen LogP contribution >= 0.6 is 0 Å². The van der Waals surface area contributed by atoms with Gasteiger partial charge in [-0.1, -0.05) is 153 Å². The first kappa shape index (κ1) is 58.4. The van der Waals surface area contributed by atoms with E-state index in [9.17, 15) is 10.2 Å². The summed E-state index contributed by atoms with van der Waals surface area (Å²) < 4.78 is 10.6. The van der Waals surface area contributed by atoms with Gasteiger partial charge < -0.3 is 19.7 Å². The number of ether oxygens (including phenoxy) is 2. The molecule has 5 unspecified atom stereocenters. The van der Waals surface area contributed by atoms with E-state index >= 15 is 0 Å². The van der Waals surface area contributed by atoms with Crippen molar-refractivity contribution >= 4 is 0 Å². The number of aromatic hydroxyl groups is 2. The molecule has 0 spiro atoms. The van der Waals surface area contributed by atoms with Crippen molar-refractivity contribution in [3.05, 3.63) is 57.7 Å². The topological polar surface area (TPSA) is 58.9 Å². The molecule has 0 bridgehead atoms. The van der Waals surface area contributed by atoms with Gasteiger partial charge in [-0.2, -0.15) is 0 Å². The molecule has 0 aliphatic rings. The average Bonchev–Trinajstić information content (AvgIpc) is 3.21. The Morgan fingerprint density at radius 2 is 0.762 bits per heavy atom. The molecule has 1 aromatic carbocycles. The molecule has 0 aliphatic heterocycles. The number of hydrogen-bond donors (Lipinski definition) is 2. The molecule has 364 valence electrons. The van der Waals surface area contributed by atoms with Crippen LogP contribution in [-0.2, 0) is 6.42 Å². The first-order valence-electron chi connectivity index (χ1n) is 26.3. The lowest BCUT2D eigenvalue weighted by Crippen LogP contribution is -2.02. The van der Waals surface area contributed by atoms with Gasteiger partial charge >= 0.3 is 0 Å². The van der Waals surface area contributed by atoms with Gasteiger partial charge in [-0.25, -0.2) is 0 Å². The molecule has 0 fully saturated rings. The maximum atomic E-state index is 10.8. The predicted octanol–water partition coefficient (Wildman–Crippen LogP) is 19.0. The molecule has 1 aromatic rings. The highest BCUT2D eigenvalue weighted by Crippen LogP contribution is 2.48. The van der Waals surface area contributed by atoms with Crippen molar-refractivity contribution in [2.24, 2.45) is 35.5 Å². The second-order valence-electron chi connectivity index (χ2n) is 21.3. The van der Waals surface area contributed by atoms with Gasteiger partial charge in [0.2, 0.25) is 11.5 Å². The van der Waals surface area contributed by atoms with E-state index in [4.69, 9.17) is 9.47 Å². The lowest BCUT2D eigenvalue weighted by Gasteiger charge is -2.19. The van der Waals surface area contributed by atoms with Gasteiger partial charge in [0, 0.05) is 11.1 Å². The number of methoxy groups -OCH3 is 2. The maximum absolute atomic E-state index is 10.8. The molecule has 0 heterocycles. The summed E-state index contributed by atoms with van der Waals surface area (Å²) in [5, 5.41) is 21.4. The van der Waals surface area contributed by atoms with E-state index in [2.05, 4.69) is 100 Å². The summed E-state index contributed by atoms with van der Waals surface area (Å²) in [6, 6.07) is 0. The molecule has 0 radical (unpaired) electrons. The van der Waals surface area contributed by atoms with Gasteiger partial charge in [0.15, 0.2) is 11.5 Å². The molecule has 5 atom stereocenters. The van der Waals surface area contributed by atoms with E-state index in [1.54, 1.807) is 16.7 Å². The lowest BCUT2D eigenvalue weighted by molar-refractivity contribution is 0.313. The number of allylic oxidation sites excluding steroid dienone is 8. The van der Waals surface area contributed by atoms with Crippen LogP contribution < -0.4 is 9.47 Å². The Bertz CT molecular complexity index is 1480. The first-order valence-corrected chi connectivity index (χ1v) is 26.3. The summed E-state index contributed by atoms with van der Waals surface area (Å²) in [6.45, 7) is 27.9. The molecular formula is C59H104O4. The van der Waals surface area contributed by atoms with Crippen molar-refractivity contribution in [2.45, 2.75) is 244 Å². The van der Waals surface area contributed by atoms with Crippen LogP contribution in [0.1, 0.15) is 241 Å². The van der Waals surface area contributed by atoms with Gasteiger partial charge in [0.25, 0.3) is 0 Å². The fourth-order valence-corrected chi connectivity index (χ4v) is 9.31. The molecule has 0 amide bonds. The number of phenolic OH excluding ortho intramolecular Hbond substituents is 2. The highest BCUT2D eigenvalue weighted by Gasteiger charge is 2.23. The summed E-state index contributed by atoms with van der Waals surface area (Å²) in [5.74, 6) is 5.24. The fraction of sp³-hybridized carbons (Fsp3) is 0.763. The number of hydrogen-bond acceptors (Lipinski definition) is 4. The van der Waals surface area contributed by atoms with E-state index in [0.717, 1.165) is 54.4 Å². The minimum atomic E-state index is 0.0434. The molecule has 2 N–H and O–H groups in total. The molecule has 0 aliphatic carbocycles. The zero-order valence-electron chi connectivity index (χ0n) is 44.2. The molecule has 0 saturated heterocycles. The Hall–Kier alpha value is -2.62. The first-order chi connectivity index (χ1) is 30.0. The van der Waals surface area contributed by atoms with Gasteiger partial charge in [-0.15, -0.1) is 0 Å². The lowest BCUT2D eigenvalue weighted by atomic mass is 9.91. The minimum absolute atomic E-state index is 0.0434. The molecule has 4 nitrogen and oxygen atoms in total. The van der Waals surface area contributed by atoms with Gasteiger partial charge in [-0.05, 0) is 173 Å². The van der Waals surface area contributed by atoms with Crippen molar-refractivity contribution in [1.29, 1.82) is 0 Å². The second kappa shape index (κ2) is 34.7. The predicted molar refractivity (Wildman–Crippen MR) is 278 cm³/mol. The van der Waals surface area contributed by atoms with Crippen molar-refractivity contribution in [3.63, 3.8) is 0 Å². The van der Waals surface area contributed by atoms with E-state index in [0.29, 0.717) is 17.9 Å². The third-order valence-corrected chi connectivity index (χ3v) is 14.2. The van der Waals surface area contributed by atoms with E-state index < -0.39 is 0 Å². The summed E-state index contributed by atoms with van der Waals surface area (Å²) in [5.41, 5.74) is 7.64. The molecule has 4 heteroatoms. The SMILES string of the molecule is COc1c(O)c(C)c(CCC(C)CC/C=C(\C)CCCC(C)CC/C=C(\C)CC/C=C(\C)CCCC(C)CC/C=C(/C)CCCC(C)CCCC(C)CCCC(C)C)c(O)c1OC. The van der Waals surface area contributed by atoms with Crippen LogP contribution in [0.25, 0.3) is 0 Å². The Morgan fingerprint density at radius 1 is 0.429 bits per heavy atom. The summed E-state index contributed by atoms with van der Waals surface area (Å²) in [4.78, 5) is 0. The number of benzene rings is 1. The Kier molecular flexibility index (Phi) is 32.2. The minimum Gasteiger partial charge on any atom is -0.504 e. The molecular weight excluding hydrogens is 773 g/mol. The van der Waals surface area contributed by atoms with E-state index in [1.807, 2.05) is 6.92 Å². The number of rotatable bonds is 37. The van der Waals surface area contributed by atoms with Gasteiger partial charge in [-0.3, -0.25) is 0 Å². The second-order valence-corrected chi connectivity index (χ2v) is 21.3. The monoisotopic (exact) mass is 877 g/mol. The molecule has 0 saturated carbocycles. The van der Waals surface area contributed by atoms with Crippen LogP contribution in [0.15, 0.2) is 46.6 Å². The van der Waals surface area contributed by atoms with Crippen LogP contribution in [0.3, 0.4) is 0 Å². The molecule has 0 aromatic heterocycles. The fourth-order valence-electron chi connectivity index (χ4n) is 9.31. The van der Waals surface area contributed by atoms with Gasteiger partial charge in [0.05, 0.1) is 14.2 Å². The summed E-state index contributed by atoms with van der Waals surface area (Å²) in [6.07, 6.45) is 41.4. The van der Waals surface area contributed by atoms with Crippen LogP contribution in [-0.4, -0.2) is 24.4 Å². The average molecular weight is 877 g/mol. The Labute approximate surface area is 392 Å². The molecule has 1 rings (SSSR count). The highest BCUT2D eigenvalue weighted by atomic mass is 16.5. The Balaban J connectivity index is 2.17. The quantitative estimate of drug-likeness (QED) is 0.0516. The zero-order valence-corrected chi connectivity index (χ0v) is 44.2. The molecule has 63 heavy (non-hydrogen) atoms. The normalized spacial score (nSPS) is 15.5. The van der Waals surface area contributed by atoms with E-state index in [-0.39, 0.29) is 23.0 Å². The van der Waals surface area contributed by atoms with Crippen molar-refractivity contribution < 1.29 is 19.7 Å². The van der Waals surface area contributed by atoms with E-state index in [1.165, 1.54) is 155 Å². The van der Waals surface area contributed by atoms with Crippen molar-refractivity contribution in [1.82, 2.24) is 0 Å². The van der Waals surface area contributed by atoms with Crippen molar-refractivity contribution in [2.75, 3.05) is 14.2 Å². The highest BCUT2D eigenvalue weighted by molar-refractivity contribution is 5.65. The third-order valence-electron chi connectivity index (χ3n) is 14.2.